The minimum atomic E-state index is -1.04. The van der Waals surface area contributed by atoms with Crippen LogP contribution in [0.1, 0.15) is 26.2 Å². The number of amides is 3. The highest BCUT2D eigenvalue weighted by atomic mass is 16.4. The molecule has 8 heteroatoms. The van der Waals surface area contributed by atoms with Gasteiger partial charge in [0.25, 0.3) is 0 Å². The number of carboxylic acid groups (broad SMARTS) is 1. The fourth-order valence-electron chi connectivity index (χ4n) is 2.84. The first-order chi connectivity index (χ1) is 9.76. The summed E-state index contributed by atoms with van der Waals surface area (Å²) in [5.41, 5.74) is 10.1. The Hall–Kier alpha value is -2.12. The summed E-state index contributed by atoms with van der Waals surface area (Å²) in [5.74, 6) is -4.54. The van der Waals surface area contributed by atoms with Gasteiger partial charge in [0.15, 0.2) is 0 Å². The van der Waals surface area contributed by atoms with E-state index in [9.17, 15) is 24.3 Å². The molecule has 5 N–H and O–H groups in total. The molecule has 0 aromatic heterocycles. The number of hydrogen-bond donors (Lipinski definition) is 3. The summed E-state index contributed by atoms with van der Waals surface area (Å²) in [5, 5.41) is 9.24. The third kappa shape index (κ3) is 4.44. The first-order valence-corrected chi connectivity index (χ1v) is 6.84. The summed E-state index contributed by atoms with van der Waals surface area (Å²) < 4.78 is 0. The van der Waals surface area contributed by atoms with Crippen LogP contribution in [0, 0.1) is 17.8 Å². The van der Waals surface area contributed by atoms with Crippen molar-refractivity contribution in [3.8, 4) is 0 Å². The maximum absolute atomic E-state index is 12.4. The zero-order chi connectivity index (χ0) is 16.2. The Labute approximate surface area is 122 Å². The highest BCUT2D eigenvalue weighted by Crippen LogP contribution is 2.39. The molecule has 1 aliphatic rings. The Bertz CT molecular complexity index is 435. The molecule has 0 aromatic carbocycles. The van der Waals surface area contributed by atoms with E-state index < -0.39 is 48.6 Å². The number of carbonyl (C=O) groups is 4. The Balaban J connectivity index is 2.91. The Morgan fingerprint density at radius 2 is 1.52 bits per heavy atom. The predicted molar refractivity (Wildman–Crippen MR) is 72.6 cm³/mol. The van der Waals surface area contributed by atoms with Crippen LogP contribution >= 0.6 is 0 Å². The van der Waals surface area contributed by atoms with Crippen LogP contribution in [0.25, 0.3) is 0 Å². The Kier molecular flexibility index (Phi) is 5.69. The molecule has 0 aliphatic heterocycles. The van der Waals surface area contributed by atoms with Crippen molar-refractivity contribution in [3.63, 3.8) is 0 Å². The van der Waals surface area contributed by atoms with Gasteiger partial charge in [-0.2, -0.15) is 0 Å². The van der Waals surface area contributed by atoms with Gasteiger partial charge in [-0.05, 0) is 18.8 Å². The van der Waals surface area contributed by atoms with E-state index in [4.69, 9.17) is 11.5 Å². The molecule has 118 valence electrons. The van der Waals surface area contributed by atoms with Crippen LogP contribution in [0.15, 0.2) is 0 Å². The molecule has 1 unspecified atom stereocenters. The van der Waals surface area contributed by atoms with Crippen LogP contribution < -0.4 is 11.5 Å². The highest BCUT2D eigenvalue weighted by molar-refractivity contribution is 5.91. The Morgan fingerprint density at radius 3 is 1.90 bits per heavy atom. The van der Waals surface area contributed by atoms with Gasteiger partial charge in [-0.25, -0.2) is 0 Å². The van der Waals surface area contributed by atoms with Crippen LogP contribution in [0.3, 0.4) is 0 Å². The fraction of sp³-hybridized carbons (Fsp3) is 0.692. The van der Waals surface area contributed by atoms with E-state index in [-0.39, 0.29) is 5.92 Å². The topological polar surface area (TPSA) is 144 Å². The standard InChI is InChI=1S/C13H21N3O5/c1-2-7-3-8(9(4-7)13(20)21)12(19)16(5-10(14)17)6-11(15)18/h7-9H,2-6H2,1H3,(H2,14,17)(H2,15,18)(H,20,21)/t7?,8-,9+/m0/s1. The molecular formula is C13H21N3O5. The van der Waals surface area contributed by atoms with Crippen molar-refractivity contribution in [2.45, 2.75) is 26.2 Å². The van der Waals surface area contributed by atoms with Crippen molar-refractivity contribution in [2.24, 2.45) is 29.2 Å². The van der Waals surface area contributed by atoms with Gasteiger partial charge in [-0.15, -0.1) is 0 Å². The maximum Gasteiger partial charge on any atom is 0.307 e. The van der Waals surface area contributed by atoms with E-state index >= 15 is 0 Å². The lowest BCUT2D eigenvalue weighted by Crippen LogP contribution is -2.47. The molecule has 0 bridgehead atoms. The van der Waals surface area contributed by atoms with E-state index in [1.807, 2.05) is 6.92 Å². The average molecular weight is 299 g/mol. The zero-order valence-corrected chi connectivity index (χ0v) is 11.9. The quantitative estimate of drug-likeness (QED) is 0.548. The molecule has 3 atom stereocenters. The summed E-state index contributed by atoms with van der Waals surface area (Å²) in [4.78, 5) is 46.7. The molecule has 1 fully saturated rings. The summed E-state index contributed by atoms with van der Waals surface area (Å²) in [6.45, 7) is 1.05. The highest BCUT2D eigenvalue weighted by Gasteiger charge is 2.43. The average Bonchev–Trinajstić information content (AvgIpc) is 2.80. The van der Waals surface area contributed by atoms with Crippen LogP contribution in [0.4, 0.5) is 0 Å². The first kappa shape index (κ1) is 16.9. The van der Waals surface area contributed by atoms with Gasteiger partial charge in [0.05, 0.1) is 24.9 Å². The summed E-state index contributed by atoms with van der Waals surface area (Å²) in [6, 6.07) is 0. The summed E-state index contributed by atoms with van der Waals surface area (Å²) in [6.07, 6.45) is 1.63. The number of nitrogens with zero attached hydrogens (tertiary/aromatic N) is 1. The van der Waals surface area contributed by atoms with E-state index in [2.05, 4.69) is 0 Å². The van der Waals surface area contributed by atoms with Gasteiger partial charge in [0, 0.05) is 0 Å². The van der Waals surface area contributed by atoms with Crippen LogP contribution in [-0.4, -0.2) is 46.8 Å². The second kappa shape index (κ2) is 7.05. The number of aliphatic carboxylic acids is 1. The van der Waals surface area contributed by atoms with Crippen LogP contribution in [0.5, 0.6) is 0 Å². The van der Waals surface area contributed by atoms with Crippen molar-refractivity contribution in [2.75, 3.05) is 13.1 Å². The van der Waals surface area contributed by atoms with Gasteiger partial charge in [0.1, 0.15) is 0 Å². The minimum absolute atomic E-state index is 0.143. The number of carboxylic acids is 1. The fourth-order valence-corrected chi connectivity index (χ4v) is 2.84. The van der Waals surface area contributed by atoms with Gasteiger partial charge in [0.2, 0.25) is 17.7 Å². The number of primary amides is 2. The molecule has 0 aromatic rings. The van der Waals surface area contributed by atoms with E-state index in [0.717, 1.165) is 11.3 Å². The molecule has 0 radical (unpaired) electrons. The molecule has 1 rings (SSSR count). The molecule has 1 saturated carbocycles. The van der Waals surface area contributed by atoms with Crippen molar-refractivity contribution in [3.05, 3.63) is 0 Å². The minimum Gasteiger partial charge on any atom is -0.481 e. The van der Waals surface area contributed by atoms with E-state index in [0.29, 0.717) is 12.8 Å². The normalized spacial score (nSPS) is 24.5. The molecule has 21 heavy (non-hydrogen) atoms. The molecule has 0 saturated heterocycles. The van der Waals surface area contributed by atoms with Crippen LogP contribution in [0.2, 0.25) is 0 Å². The van der Waals surface area contributed by atoms with Gasteiger partial charge in [-0.3, -0.25) is 19.2 Å². The van der Waals surface area contributed by atoms with E-state index in [1.54, 1.807) is 0 Å². The smallest absolute Gasteiger partial charge is 0.307 e. The van der Waals surface area contributed by atoms with Crippen LogP contribution in [-0.2, 0) is 19.2 Å². The predicted octanol–water partition coefficient (Wildman–Crippen LogP) is -1.08. The van der Waals surface area contributed by atoms with Gasteiger partial charge in [-0.1, -0.05) is 13.3 Å². The van der Waals surface area contributed by atoms with Gasteiger partial charge < -0.3 is 21.5 Å². The third-order valence-electron chi connectivity index (χ3n) is 3.88. The maximum atomic E-state index is 12.4. The Morgan fingerprint density at radius 1 is 1.05 bits per heavy atom. The third-order valence-corrected chi connectivity index (χ3v) is 3.88. The molecule has 1 aliphatic carbocycles. The van der Waals surface area contributed by atoms with E-state index in [1.165, 1.54) is 0 Å². The number of carbonyl (C=O) groups excluding carboxylic acids is 3. The number of nitrogens with two attached hydrogens (primary N) is 2. The lowest BCUT2D eigenvalue weighted by atomic mass is 9.94. The molecular weight excluding hydrogens is 278 g/mol. The SMILES string of the molecule is CCC1C[C@H](C(=O)N(CC(N)=O)CC(N)=O)[C@H](C(=O)O)C1. The lowest BCUT2D eigenvalue weighted by molar-refractivity contribution is -0.150. The second-order valence-electron chi connectivity index (χ2n) is 5.42. The second-order valence-corrected chi connectivity index (χ2v) is 5.42. The largest absolute Gasteiger partial charge is 0.481 e. The summed E-state index contributed by atoms with van der Waals surface area (Å²) >= 11 is 0. The first-order valence-electron chi connectivity index (χ1n) is 6.84. The van der Waals surface area contributed by atoms with Crippen molar-refractivity contribution < 1.29 is 24.3 Å². The lowest BCUT2D eigenvalue weighted by Gasteiger charge is -2.25. The van der Waals surface area contributed by atoms with Crippen molar-refractivity contribution in [1.82, 2.24) is 4.90 Å². The monoisotopic (exact) mass is 299 g/mol. The zero-order valence-electron chi connectivity index (χ0n) is 11.9. The molecule has 0 spiro atoms. The van der Waals surface area contributed by atoms with Crippen molar-refractivity contribution >= 4 is 23.7 Å². The molecule has 0 heterocycles. The number of rotatable bonds is 7. The van der Waals surface area contributed by atoms with Gasteiger partial charge >= 0.3 is 5.97 Å². The molecule has 8 nitrogen and oxygen atoms in total. The number of hydrogen-bond acceptors (Lipinski definition) is 4. The van der Waals surface area contributed by atoms with Crippen molar-refractivity contribution in [1.29, 1.82) is 0 Å². The molecule has 3 amide bonds. The summed E-state index contributed by atoms with van der Waals surface area (Å²) in [7, 11) is 0.